The van der Waals surface area contributed by atoms with Crippen molar-refractivity contribution < 1.29 is 8.78 Å². The molecule has 0 saturated carbocycles. The second-order valence-corrected chi connectivity index (χ2v) is 6.29. The summed E-state index contributed by atoms with van der Waals surface area (Å²) in [5, 5.41) is 5.61. The summed E-state index contributed by atoms with van der Waals surface area (Å²) in [6.45, 7) is 2.78. The van der Waals surface area contributed by atoms with Gasteiger partial charge >= 0.3 is 0 Å². The summed E-state index contributed by atoms with van der Waals surface area (Å²) in [6.07, 6.45) is 0. The summed E-state index contributed by atoms with van der Waals surface area (Å²) in [5.74, 6) is -1.29. The number of anilines is 2. The molecule has 0 spiro atoms. The Balaban J connectivity index is 2.13. The first-order valence-corrected chi connectivity index (χ1v) is 7.29. The fraction of sp³-hybridized carbons (Fsp3) is 0.250. The molecule has 7 heteroatoms. The van der Waals surface area contributed by atoms with Gasteiger partial charge in [-0.2, -0.15) is 0 Å². The predicted octanol–water partition coefficient (Wildman–Crippen LogP) is 4.23. The monoisotopic (exact) mass is 347 g/mol. The lowest BCUT2D eigenvalue weighted by molar-refractivity contribution is 0.578. The smallest absolute Gasteiger partial charge is 0.168 e. The molecule has 102 valence electrons. The molecule has 19 heavy (non-hydrogen) atoms. The molecule has 2 aromatic rings. The van der Waals surface area contributed by atoms with Crippen LogP contribution < -0.4 is 10.6 Å². The second-order valence-electron chi connectivity index (χ2n) is 3.74. The van der Waals surface area contributed by atoms with Gasteiger partial charge in [-0.25, -0.2) is 13.8 Å². The number of rotatable bonds is 5. The molecule has 0 amide bonds. The van der Waals surface area contributed by atoms with Crippen molar-refractivity contribution in [3.63, 3.8) is 0 Å². The number of hydrogen-bond donors (Lipinski definition) is 2. The maximum absolute atomic E-state index is 13.6. The van der Waals surface area contributed by atoms with Crippen LogP contribution in [0.2, 0.25) is 0 Å². The first kappa shape index (κ1) is 14.2. The lowest BCUT2D eigenvalue weighted by atomic mass is 10.3. The second kappa shape index (κ2) is 6.29. The first-order valence-electron chi connectivity index (χ1n) is 5.68. The highest BCUT2D eigenvalue weighted by Crippen LogP contribution is 2.24. The van der Waals surface area contributed by atoms with Gasteiger partial charge in [0.15, 0.2) is 23.3 Å². The molecule has 0 radical (unpaired) electrons. The van der Waals surface area contributed by atoms with E-state index >= 15 is 0 Å². The number of halogens is 3. The molecule has 2 aromatic heterocycles. The van der Waals surface area contributed by atoms with Crippen molar-refractivity contribution in [2.75, 3.05) is 17.2 Å². The lowest BCUT2D eigenvalue weighted by Crippen LogP contribution is -2.08. The van der Waals surface area contributed by atoms with Gasteiger partial charge in [-0.3, -0.25) is 0 Å². The van der Waals surface area contributed by atoms with Gasteiger partial charge in [-0.1, -0.05) is 0 Å². The van der Waals surface area contributed by atoms with Crippen LogP contribution in [0.25, 0.3) is 0 Å². The normalized spacial score (nSPS) is 10.5. The molecule has 0 aromatic carbocycles. The minimum Gasteiger partial charge on any atom is -0.368 e. The van der Waals surface area contributed by atoms with Crippen molar-refractivity contribution in [3.8, 4) is 0 Å². The van der Waals surface area contributed by atoms with E-state index in [1.165, 1.54) is 0 Å². The number of thiophene rings is 1. The Hall–Kier alpha value is -1.21. The maximum Gasteiger partial charge on any atom is 0.168 e. The Morgan fingerprint density at radius 2 is 1.89 bits per heavy atom. The summed E-state index contributed by atoms with van der Waals surface area (Å²) in [6, 6.07) is 4.67. The summed E-state index contributed by atoms with van der Waals surface area (Å²) in [5.41, 5.74) is 0. The van der Waals surface area contributed by atoms with Crippen molar-refractivity contribution in [2.24, 2.45) is 0 Å². The molecule has 0 atom stereocenters. The standard InChI is InChI=1S/C12H12BrF2N3S/c1-2-16-11-8(14)5-9(15)12(18-11)17-6-7-3-4-10(13)19-7/h3-5H,2,6H2,1H3,(H2,16,17,18). The molecular weight excluding hydrogens is 336 g/mol. The third-order valence-electron chi connectivity index (χ3n) is 2.33. The lowest BCUT2D eigenvalue weighted by Gasteiger charge is -2.09. The molecule has 2 rings (SSSR count). The van der Waals surface area contributed by atoms with E-state index in [1.807, 2.05) is 19.1 Å². The van der Waals surface area contributed by atoms with Crippen LogP contribution in [-0.4, -0.2) is 11.5 Å². The van der Waals surface area contributed by atoms with Gasteiger partial charge in [0.2, 0.25) is 0 Å². The highest BCUT2D eigenvalue weighted by molar-refractivity contribution is 9.11. The zero-order valence-corrected chi connectivity index (χ0v) is 12.5. The molecule has 0 aliphatic heterocycles. The van der Waals surface area contributed by atoms with Crippen molar-refractivity contribution in [1.29, 1.82) is 0 Å². The van der Waals surface area contributed by atoms with E-state index in [-0.39, 0.29) is 11.6 Å². The molecule has 0 unspecified atom stereocenters. The number of pyridine rings is 1. The van der Waals surface area contributed by atoms with Crippen LogP contribution in [0.4, 0.5) is 20.4 Å². The maximum atomic E-state index is 13.6. The molecule has 0 fully saturated rings. The molecule has 0 saturated heterocycles. The van der Waals surface area contributed by atoms with Gasteiger partial charge < -0.3 is 10.6 Å². The highest BCUT2D eigenvalue weighted by Gasteiger charge is 2.11. The van der Waals surface area contributed by atoms with Gasteiger partial charge in [0.05, 0.1) is 10.3 Å². The highest BCUT2D eigenvalue weighted by atomic mass is 79.9. The predicted molar refractivity (Wildman–Crippen MR) is 77.7 cm³/mol. The molecule has 2 N–H and O–H groups in total. The Labute approximate surface area is 122 Å². The van der Waals surface area contributed by atoms with Crippen molar-refractivity contribution >= 4 is 38.9 Å². The first-order chi connectivity index (χ1) is 9.10. The van der Waals surface area contributed by atoms with Crippen LogP contribution in [0.1, 0.15) is 11.8 Å². The van der Waals surface area contributed by atoms with E-state index < -0.39 is 11.6 Å². The average Bonchev–Trinajstić information content (AvgIpc) is 2.77. The van der Waals surface area contributed by atoms with Crippen LogP contribution in [0, 0.1) is 11.6 Å². The van der Waals surface area contributed by atoms with Crippen LogP contribution in [-0.2, 0) is 6.54 Å². The Morgan fingerprint density at radius 3 is 2.47 bits per heavy atom. The van der Waals surface area contributed by atoms with Gasteiger partial charge in [-0.15, -0.1) is 11.3 Å². The van der Waals surface area contributed by atoms with Crippen molar-refractivity contribution in [1.82, 2.24) is 4.98 Å². The number of hydrogen-bond acceptors (Lipinski definition) is 4. The topological polar surface area (TPSA) is 37.0 Å². The number of nitrogens with one attached hydrogen (secondary N) is 2. The quantitative estimate of drug-likeness (QED) is 0.849. The van der Waals surface area contributed by atoms with Crippen molar-refractivity contribution in [2.45, 2.75) is 13.5 Å². The molecular formula is C12H12BrF2N3S. The van der Waals surface area contributed by atoms with Crippen LogP contribution in [0.3, 0.4) is 0 Å². The minimum atomic E-state index is -0.699. The summed E-state index contributed by atoms with van der Waals surface area (Å²) >= 11 is 4.90. The SMILES string of the molecule is CCNc1nc(NCc2ccc(Br)s2)c(F)cc1F. The third-order valence-corrected chi connectivity index (χ3v) is 3.96. The third kappa shape index (κ3) is 3.63. The summed E-state index contributed by atoms with van der Waals surface area (Å²) in [4.78, 5) is 4.93. The molecule has 3 nitrogen and oxygen atoms in total. The van der Waals surface area contributed by atoms with Crippen molar-refractivity contribution in [3.05, 3.63) is 38.5 Å². The fourth-order valence-electron chi connectivity index (χ4n) is 1.50. The molecule has 0 aliphatic rings. The van der Waals surface area contributed by atoms with Crippen LogP contribution in [0.5, 0.6) is 0 Å². The van der Waals surface area contributed by atoms with E-state index in [9.17, 15) is 8.78 Å². The Bertz CT molecular complexity index is 574. The fourth-order valence-corrected chi connectivity index (χ4v) is 2.92. The summed E-state index contributed by atoms with van der Waals surface area (Å²) in [7, 11) is 0. The van der Waals surface area contributed by atoms with Gasteiger partial charge in [0, 0.05) is 17.5 Å². The van der Waals surface area contributed by atoms with Gasteiger partial charge in [-0.05, 0) is 35.0 Å². The minimum absolute atomic E-state index is 0.0434. The van der Waals surface area contributed by atoms with E-state index in [0.717, 1.165) is 14.7 Å². The van der Waals surface area contributed by atoms with Crippen LogP contribution in [0.15, 0.2) is 22.0 Å². The number of nitrogens with zero attached hydrogens (tertiary/aromatic N) is 1. The Morgan fingerprint density at radius 1 is 1.21 bits per heavy atom. The average molecular weight is 348 g/mol. The van der Waals surface area contributed by atoms with Crippen LogP contribution >= 0.6 is 27.3 Å². The zero-order chi connectivity index (χ0) is 13.8. The number of aromatic nitrogens is 1. The Kier molecular flexibility index (Phi) is 4.71. The largest absolute Gasteiger partial charge is 0.368 e. The van der Waals surface area contributed by atoms with E-state index in [2.05, 4.69) is 31.5 Å². The zero-order valence-electron chi connectivity index (χ0n) is 10.1. The molecule has 0 bridgehead atoms. The van der Waals surface area contributed by atoms with E-state index in [4.69, 9.17) is 0 Å². The van der Waals surface area contributed by atoms with Gasteiger partial charge in [0.25, 0.3) is 0 Å². The van der Waals surface area contributed by atoms with E-state index in [1.54, 1.807) is 11.3 Å². The van der Waals surface area contributed by atoms with Gasteiger partial charge in [0.1, 0.15) is 0 Å². The molecule has 0 aliphatic carbocycles. The summed E-state index contributed by atoms with van der Waals surface area (Å²) < 4.78 is 28.0. The van der Waals surface area contributed by atoms with E-state index in [0.29, 0.717) is 13.1 Å². The molecule has 2 heterocycles.